The molecule has 2 aromatic carbocycles. The van der Waals surface area contributed by atoms with Crippen LogP contribution < -0.4 is 5.32 Å². The Morgan fingerprint density at radius 3 is 2.50 bits per heavy atom. The van der Waals surface area contributed by atoms with E-state index in [4.69, 9.17) is 4.74 Å². The molecule has 146 valence electrons. The summed E-state index contributed by atoms with van der Waals surface area (Å²) in [4.78, 5) is 12.4. The van der Waals surface area contributed by atoms with E-state index in [9.17, 15) is 9.90 Å². The third-order valence-electron chi connectivity index (χ3n) is 4.48. The minimum atomic E-state index is -0.604. The van der Waals surface area contributed by atoms with Crippen molar-refractivity contribution in [1.82, 2.24) is 4.57 Å². The van der Waals surface area contributed by atoms with E-state index in [0.717, 1.165) is 16.8 Å². The summed E-state index contributed by atoms with van der Waals surface area (Å²) in [6.45, 7) is 4.93. The lowest BCUT2D eigenvalue weighted by molar-refractivity contribution is 0.0527. The van der Waals surface area contributed by atoms with Gasteiger partial charge in [0.25, 0.3) is 0 Å². The fraction of sp³-hybridized carbons (Fsp3) is 0.261. The number of esters is 1. The first-order valence-electron chi connectivity index (χ1n) is 9.47. The Bertz CT molecular complexity index is 901. The Morgan fingerprint density at radius 1 is 1.11 bits per heavy atom. The summed E-state index contributed by atoms with van der Waals surface area (Å²) < 4.78 is 7.04. The van der Waals surface area contributed by atoms with Gasteiger partial charge in [-0.05, 0) is 31.5 Å². The number of aliphatic hydroxyl groups excluding tert-OH is 1. The zero-order valence-corrected chi connectivity index (χ0v) is 16.3. The number of nitrogens with one attached hydrogen (secondary N) is 1. The van der Waals surface area contributed by atoms with Crippen LogP contribution in [0.3, 0.4) is 0 Å². The van der Waals surface area contributed by atoms with E-state index in [-0.39, 0.29) is 5.97 Å². The molecule has 3 aromatic rings. The fourth-order valence-electron chi connectivity index (χ4n) is 3.05. The maximum Gasteiger partial charge on any atom is 0.340 e. The lowest BCUT2D eigenvalue weighted by Gasteiger charge is -2.14. The number of hydrogen-bond donors (Lipinski definition) is 2. The second-order valence-corrected chi connectivity index (χ2v) is 6.77. The van der Waals surface area contributed by atoms with Gasteiger partial charge in [0.05, 0.1) is 18.3 Å². The Labute approximate surface area is 165 Å². The maximum absolute atomic E-state index is 12.4. The third kappa shape index (κ3) is 5.02. The molecule has 5 nitrogen and oxygen atoms in total. The van der Waals surface area contributed by atoms with Crippen LogP contribution >= 0.6 is 0 Å². The van der Waals surface area contributed by atoms with Gasteiger partial charge in [-0.1, -0.05) is 48.0 Å². The van der Waals surface area contributed by atoms with Crippen molar-refractivity contribution in [2.45, 2.75) is 26.5 Å². The van der Waals surface area contributed by atoms with Crippen LogP contribution in [0.4, 0.5) is 5.69 Å². The molecule has 2 N–H and O–H groups in total. The molecule has 0 radical (unpaired) electrons. The lowest BCUT2D eigenvalue weighted by Crippen LogP contribution is -2.24. The SMILES string of the molecule is CCOC(=O)c1cn(CC(O)CNc2ccc(C)cc2)cc1-c1ccccc1. The van der Waals surface area contributed by atoms with Crippen molar-refractivity contribution in [3.8, 4) is 11.1 Å². The first kappa shape index (κ1) is 19.7. The molecule has 0 aliphatic rings. The Morgan fingerprint density at radius 2 is 1.82 bits per heavy atom. The molecule has 1 unspecified atom stereocenters. The normalized spacial score (nSPS) is 11.8. The average molecular weight is 378 g/mol. The molecule has 28 heavy (non-hydrogen) atoms. The van der Waals surface area contributed by atoms with Crippen molar-refractivity contribution in [2.24, 2.45) is 0 Å². The number of ether oxygens (including phenoxy) is 1. The van der Waals surface area contributed by atoms with Crippen LogP contribution in [0.5, 0.6) is 0 Å². The molecule has 0 spiro atoms. The number of aryl methyl sites for hydroxylation is 1. The van der Waals surface area contributed by atoms with E-state index in [2.05, 4.69) is 5.32 Å². The Hall–Kier alpha value is -3.05. The van der Waals surface area contributed by atoms with Crippen LogP contribution in [0.25, 0.3) is 11.1 Å². The predicted molar refractivity (Wildman–Crippen MR) is 112 cm³/mol. The number of nitrogens with zero attached hydrogens (tertiary/aromatic N) is 1. The number of aliphatic hydroxyl groups is 1. The highest BCUT2D eigenvalue weighted by Crippen LogP contribution is 2.25. The summed E-state index contributed by atoms with van der Waals surface area (Å²) in [6, 6.07) is 17.7. The third-order valence-corrected chi connectivity index (χ3v) is 4.48. The molecule has 1 atom stereocenters. The maximum atomic E-state index is 12.4. The molecule has 0 aliphatic carbocycles. The van der Waals surface area contributed by atoms with Crippen LogP contribution in [0.15, 0.2) is 67.0 Å². The molecule has 0 saturated heterocycles. The number of carbonyl (C=O) groups is 1. The van der Waals surface area contributed by atoms with Gasteiger partial charge >= 0.3 is 5.97 Å². The zero-order valence-electron chi connectivity index (χ0n) is 16.3. The van der Waals surface area contributed by atoms with Gasteiger partial charge in [0.1, 0.15) is 0 Å². The molecular formula is C23H26N2O3. The van der Waals surface area contributed by atoms with Crippen LogP contribution in [-0.2, 0) is 11.3 Å². The second kappa shape index (κ2) is 9.24. The van der Waals surface area contributed by atoms with Crippen LogP contribution in [0, 0.1) is 6.92 Å². The van der Waals surface area contributed by atoms with E-state index in [1.54, 1.807) is 13.1 Å². The molecule has 1 heterocycles. The first-order valence-corrected chi connectivity index (χ1v) is 9.47. The van der Waals surface area contributed by atoms with Gasteiger partial charge in [-0.2, -0.15) is 0 Å². The van der Waals surface area contributed by atoms with E-state index in [1.165, 1.54) is 5.56 Å². The minimum Gasteiger partial charge on any atom is -0.462 e. The summed E-state index contributed by atoms with van der Waals surface area (Å²) in [7, 11) is 0. The van der Waals surface area contributed by atoms with Crippen molar-refractivity contribution in [3.63, 3.8) is 0 Å². The van der Waals surface area contributed by atoms with Gasteiger partial charge in [0.2, 0.25) is 0 Å². The smallest absolute Gasteiger partial charge is 0.340 e. The van der Waals surface area contributed by atoms with Gasteiger partial charge < -0.3 is 19.7 Å². The first-order chi connectivity index (χ1) is 13.6. The summed E-state index contributed by atoms with van der Waals surface area (Å²) >= 11 is 0. The number of aromatic nitrogens is 1. The molecule has 5 heteroatoms. The topological polar surface area (TPSA) is 63.5 Å². The summed E-state index contributed by atoms with van der Waals surface area (Å²) in [5, 5.41) is 13.7. The van der Waals surface area contributed by atoms with E-state index < -0.39 is 6.10 Å². The highest BCUT2D eigenvalue weighted by molar-refractivity contribution is 5.97. The Kier molecular flexibility index (Phi) is 6.50. The Balaban J connectivity index is 1.72. The average Bonchev–Trinajstić information content (AvgIpc) is 3.12. The zero-order chi connectivity index (χ0) is 19.9. The minimum absolute atomic E-state index is 0.321. The predicted octanol–water partition coefficient (Wildman–Crippen LogP) is 4.11. The van der Waals surface area contributed by atoms with Crippen LogP contribution in [0.1, 0.15) is 22.8 Å². The van der Waals surface area contributed by atoms with Gasteiger partial charge in [-0.15, -0.1) is 0 Å². The molecule has 0 fully saturated rings. The highest BCUT2D eigenvalue weighted by Gasteiger charge is 2.18. The molecular weight excluding hydrogens is 352 g/mol. The number of anilines is 1. The van der Waals surface area contributed by atoms with E-state index in [1.807, 2.05) is 72.3 Å². The van der Waals surface area contributed by atoms with Crippen molar-refractivity contribution >= 4 is 11.7 Å². The van der Waals surface area contributed by atoms with Crippen molar-refractivity contribution in [3.05, 3.63) is 78.1 Å². The molecule has 0 amide bonds. The lowest BCUT2D eigenvalue weighted by atomic mass is 10.1. The van der Waals surface area contributed by atoms with Gasteiger partial charge in [0, 0.05) is 36.7 Å². The van der Waals surface area contributed by atoms with Crippen molar-refractivity contribution in [1.29, 1.82) is 0 Å². The van der Waals surface area contributed by atoms with Crippen molar-refractivity contribution < 1.29 is 14.6 Å². The molecule has 3 rings (SSSR count). The standard InChI is InChI=1S/C23H26N2O3/c1-3-28-23(27)22-16-25(15-21(22)18-7-5-4-6-8-18)14-20(26)13-24-19-11-9-17(2)10-12-19/h4-12,15-16,20,24,26H,3,13-14H2,1-2H3. The van der Waals surface area contributed by atoms with Gasteiger partial charge in [0.15, 0.2) is 0 Å². The number of carbonyl (C=O) groups excluding carboxylic acids is 1. The van der Waals surface area contributed by atoms with Crippen LogP contribution in [0.2, 0.25) is 0 Å². The van der Waals surface area contributed by atoms with Crippen molar-refractivity contribution in [2.75, 3.05) is 18.5 Å². The quantitative estimate of drug-likeness (QED) is 0.579. The summed E-state index contributed by atoms with van der Waals surface area (Å²) in [5.74, 6) is -0.354. The molecule has 0 saturated carbocycles. The summed E-state index contributed by atoms with van der Waals surface area (Å²) in [5.41, 5.74) is 4.41. The molecule has 0 aliphatic heterocycles. The second-order valence-electron chi connectivity index (χ2n) is 6.77. The van der Waals surface area contributed by atoms with E-state index >= 15 is 0 Å². The largest absolute Gasteiger partial charge is 0.462 e. The van der Waals surface area contributed by atoms with Gasteiger partial charge in [-0.25, -0.2) is 4.79 Å². The van der Waals surface area contributed by atoms with E-state index in [0.29, 0.717) is 25.3 Å². The van der Waals surface area contributed by atoms with Gasteiger partial charge in [-0.3, -0.25) is 0 Å². The fourth-order valence-corrected chi connectivity index (χ4v) is 3.05. The van der Waals surface area contributed by atoms with Crippen LogP contribution in [-0.4, -0.2) is 34.9 Å². The highest BCUT2D eigenvalue weighted by atomic mass is 16.5. The summed E-state index contributed by atoms with van der Waals surface area (Å²) in [6.07, 6.45) is 3.03. The number of benzene rings is 2. The molecule has 1 aromatic heterocycles. The molecule has 0 bridgehead atoms. The number of hydrogen-bond acceptors (Lipinski definition) is 4. The monoisotopic (exact) mass is 378 g/mol. The number of rotatable bonds is 8.